The maximum absolute atomic E-state index is 13.3. The molecule has 0 saturated carbocycles. The SMILES string of the molecule is O=C(/C=C/c1cc(F)c(F)c(F)c1)N1CCC(C(CO)N2CCC(c3ccn[nH]3)CC2)CC1.O=C(/C=C/c1ccc(Cl)c(Cl)c1)N1CCC(C(CO)N2CCC(c3ccn[nH]3)CC2)CC1.O=C(c1cc2ccccc2o1)N1CCC(C(CO)N2CCC(c3c[nH]c4ccccc34)CC2)CC1. The molecule has 8 aromatic rings. The molecule has 3 unspecified atom stereocenters. The smallest absolute Gasteiger partial charge is 0.289 e. The fourth-order valence-electron chi connectivity index (χ4n) is 16.3. The fraction of sp³-hybridized carbons (Fsp3) is 0.468. The van der Waals surface area contributed by atoms with Crippen LogP contribution in [0.3, 0.4) is 0 Å². The quantitative estimate of drug-likeness (QED) is 0.0371. The first-order valence-corrected chi connectivity index (χ1v) is 36.4. The molecule has 6 aliphatic rings. The molecule has 4 aromatic carbocycles. The van der Waals surface area contributed by atoms with Crippen LogP contribution in [-0.2, 0) is 9.59 Å². The number of likely N-dealkylation sites (tertiary alicyclic amines) is 6. The van der Waals surface area contributed by atoms with Crippen molar-refractivity contribution in [1.82, 2.24) is 54.8 Å². The summed E-state index contributed by atoms with van der Waals surface area (Å²) in [6.07, 6.45) is 23.4. The second-order valence-corrected chi connectivity index (χ2v) is 28.6. The first kappa shape index (κ1) is 72.2. The van der Waals surface area contributed by atoms with Gasteiger partial charge in [0.15, 0.2) is 23.2 Å². The number of fused-ring (bicyclic) bond motifs is 2. The second-order valence-electron chi connectivity index (χ2n) is 27.7. The molecule has 4 aromatic heterocycles. The molecule has 23 heteroatoms. The van der Waals surface area contributed by atoms with Gasteiger partial charge in [-0.3, -0.25) is 39.3 Å². The van der Waals surface area contributed by atoms with E-state index in [-0.39, 0.29) is 61.2 Å². The molecule has 6 N–H and O–H groups in total. The minimum absolute atomic E-state index is 0.00967. The van der Waals surface area contributed by atoms with Gasteiger partial charge >= 0.3 is 0 Å². The Bertz CT molecular complexity index is 3950. The van der Waals surface area contributed by atoms with E-state index in [1.807, 2.05) is 58.5 Å². The van der Waals surface area contributed by atoms with Gasteiger partial charge in [0.25, 0.3) is 5.91 Å². The zero-order chi connectivity index (χ0) is 69.7. The van der Waals surface area contributed by atoms with Crippen LogP contribution in [0.1, 0.15) is 133 Å². The summed E-state index contributed by atoms with van der Waals surface area (Å²) in [5.41, 5.74) is 6.71. The summed E-state index contributed by atoms with van der Waals surface area (Å²) in [4.78, 5) is 54.4. The normalized spacial score (nSPS) is 19.9. The number of aliphatic hydroxyl groups is 3. The van der Waals surface area contributed by atoms with Gasteiger partial charge in [0.2, 0.25) is 11.8 Å². The number of furan rings is 1. The van der Waals surface area contributed by atoms with Crippen LogP contribution in [0.4, 0.5) is 13.2 Å². The summed E-state index contributed by atoms with van der Waals surface area (Å²) in [6.45, 7) is 10.2. The highest BCUT2D eigenvalue weighted by atomic mass is 35.5. The summed E-state index contributed by atoms with van der Waals surface area (Å²) in [5, 5.41) is 48.1. The second kappa shape index (κ2) is 34.4. The molecule has 0 spiro atoms. The molecule has 14 rings (SSSR count). The number of carbonyl (C=O) groups excluding carboxylic acids is 3. The predicted octanol–water partition coefficient (Wildman–Crippen LogP) is 12.5. The van der Waals surface area contributed by atoms with Gasteiger partial charge in [-0.2, -0.15) is 10.2 Å². The van der Waals surface area contributed by atoms with Crippen LogP contribution in [0, 0.1) is 35.2 Å². The van der Waals surface area contributed by atoms with Gasteiger partial charge in [0.05, 0.1) is 29.9 Å². The van der Waals surface area contributed by atoms with Crippen molar-refractivity contribution in [3.05, 3.63) is 189 Å². The number of nitrogens with zero attached hydrogens (tertiary/aromatic N) is 8. The number of aromatic amines is 3. The zero-order valence-corrected chi connectivity index (χ0v) is 58.0. The Balaban J connectivity index is 0.000000142. The Kier molecular flexibility index (Phi) is 24.8. The number of rotatable bonds is 17. The molecule has 3 amide bonds. The molecular weight excluding hydrogens is 1320 g/mol. The highest BCUT2D eigenvalue weighted by Crippen LogP contribution is 2.38. The standard InChI is InChI=1S/C29H33N3O3.C24H30Cl2N4O2.C24H29F3N4O2/c33-19-26(31-13-9-20(10-14-31)24-18-30-25-7-3-2-6-23(24)25)21-11-15-32(16-12-21)29(34)28-17-22-5-1-4-8-27(22)35-28;25-20-3-1-17(15-21(20)26)2-4-24(32)30-13-8-19(9-14-30)23(16-31)29-11-6-18(7-12-29)22-5-10-27-28-22;25-19-13-16(14-20(26)24(19)27)1-2-23(33)31-11-6-18(7-12-31)22(15-32)30-9-4-17(5-10-30)21-3-8-28-29-21/h1-8,17-18,20-21,26,30,33H,9-16,19H2;1-5,10,15,18-19,23,31H,6-9,11-14,16H2,(H,27,28);1-3,8,13-14,17-18,22,32H,4-7,9-12,15H2,(H,28,29)/b;4-2+;2-1+. The number of halogens is 5. The topological polar surface area (TPSA) is 218 Å². The minimum Gasteiger partial charge on any atom is -0.451 e. The molecule has 6 saturated heterocycles. The van der Waals surface area contributed by atoms with Gasteiger partial charge in [-0.15, -0.1) is 0 Å². The number of para-hydroxylation sites is 2. The summed E-state index contributed by atoms with van der Waals surface area (Å²) in [7, 11) is 0. The van der Waals surface area contributed by atoms with E-state index in [4.69, 9.17) is 27.6 Å². The maximum Gasteiger partial charge on any atom is 0.289 e. The van der Waals surface area contributed by atoms with Crippen LogP contribution in [0.2, 0.25) is 10.0 Å². The summed E-state index contributed by atoms with van der Waals surface area (Å²) in [5.74, 6) is -1.28. The fourth-order valence-corrected chi connectivity index (χ4v) is 16.6. The number of hydrogen-bond acceptors (Lipinski definition) is 12. The van der Waals surface area contributed by atoms with E-state index in [9.17, 15) is 42.9 Å². The first-order valence-electron chi connectivity index (χ1n) is 35.6. The third-order valence-electron chi connectivity index (χ3n) is 22.1. The molecule has 6 fully saturated rings. The summed E-state index contributed by atoms with van der Waals surface area (Å²) < 4.78 is 45.6. The number of amides is 3. The van der Waals surface area contributed by atoms with Crippen molar-refractivity contribution in [1.29, 1.82) is 0 Å². The van der Waals surface area contributed by atoms with Crippen molar-refractivity contribution in [2.24, 2.45) is 17.8 Å². The van der Waals surface area contributed by atoms with E-state index in [2.05, 4.69) is 76.6 Å². The number of aliphatic hydroxyl groups excluding tert-OH is 3. The number of benzene rings is 4. The van der Waals surface area contributed by atoms with Crippen molar-refractivity contribution < 1.29 is 47.3 Å². The van der Waals surface area contributed by atoms with Crippen LogP contribution < -0.4 is 0 Å². The third-order valence-corrected chi connectivity index (χ3v) is 22.9. The lowest BCUT2D eigenvalue weighted by Crippen LogP contribution is -2.50. The van der Waals surface area contributed by atoms with Crippen LogP contribution in [-0.4, -0.2) is 204 Å². The average Bonchev–Trinajstić information content (AvgIpc) is 1.55. The molecule has 532 valence electrons. The highest BCUT2D eigenvalue weighted by molar-refractivity contribution is 6.42. The molecular formula is C77H92Cl2F3N11O7. The van der Waals surface area contributed by atoms with Gasteiger partial charge in [-0.05, 0) is 223 Å². The van der Waals surface area contributed by atoms with E-state index in [1.165, 1.54) is 40.0 Å². The van der Waals surface area contributed by atoms with Crippen LogP contribution >= 0.6 is 23.2 Å². The summed E-state index contributed by atoms with van der Waals surface area (Å²) >= 11 is 12.0. The van der Waals surface area contributed by atoms with Crippen molar-refractivity contribution >= 4 is 74.9 Å². The molecule has 0 bridgehead atoms. The molecule has 0 radical (unpaired) electrons. The Morgan fingerprint density at radius 2 is 0.980 bits per heavy atom. The van der Waals surface area contributed by atoms with Gasteiger partial charge < -0.3 is 39.4 Å². The van der Waals surface area contributed by atoms with Gasteiger partial charge in [-0.25, -0.2) is 13.2 Å². The Labute approximate surface area is 592 Å². The number of carbonyl (C=O) groups is 3. The van der Waals surface area contributed by atoms with Crippen LogP contribution in [0.5, 0.6) is 0 Å². The Morgan fingerprint density at radius 1 is 0.520 bits per heavy atom. The number of nitrogens with one attached hydrogen (secondary N) is 3. The van der Waals surface area contributed by atoms with E-state index in [0.29, 0.717) is 77.5 Å². The van der Waals surface area contributed by atoms with Crippen molar-refractivity contribution in [2.75, 3.05) is 98.4 Å². The van der Waals surface area contributed by atoms with Gasteiger partial charge in [-0.1, -0.05) is 65.7 Å². The zero-order valence-electron chi connectivity index (χ0n) is 56.5. The van der Waals surface area contributed by atoms with Crippen LogP contribution in [0.15, 0.2) is 132 Å². The van der Waals surface area contributed by atoms with E-state index in [0.717, 1.165) is 158 Å². The lowest BCUT2D eigenvalue weighted by molar-refractivity contribution is -0.128. The first-order chi connectivity index (χ1) is 48.7. The number of aromatic nitrogens is 5. The number of piperidine rings is 6. The van der Waals surface area contributed by atoms with E-state index in [1.54, 1.807) is 35.4 Å². The average molecular weight is 1410 g/mol. The number of hydrogen-bond donors (Lipinski definition) is 6. The van der Waals surface area contributed by atoms with Crippen molar-refractivity contribution in [2.45, 2.75) is 113 Å². The predicted molar refractivity (Wildman–Crippen MR) is 383 cm³/mol. The molecule has 18 nitrogen and oxygen atoms in total. The Hall–Kier alpha value is -7.60. The third kappa shape index (κ3) is 17.6. The van der Waals surface area contributed by atoms with E-state index >= 15 is 0 Å². The molecule has 0 aliphatic carbocycles. The summed E-state index contributed by atoms with van der Waals surface area (Å²) in [6, 6.07) is 29.7. The maximum atomic E-state index is 13.3. The van der Waals surface area contributed by atoms with Crippen molar-refractivity contribution in [3.8, 4) is 0 Å². The lowest BCUT2D eigenvalue weighted by Gasteiger charge is -2.43. The van der Waals surface area contributed by atoms with E-state index < -0.39 is 17.5 Å². The molecule has 3 atom stereocenters. The van der Waals surface area contributed by atoms with Gasteiger partial charge in [0.1, 0.15) is 5.58 Å². The highest BCUT2D eigenvalue weighted by Gasteiger charge is 2.38. The molecule has 100 heavy (non-hydrogen) atoms. The minimum atomic E-state index is -1.52. The number of H-pyrrole nitrogens is 3. The van der Waals surface area contributed by atoms with Crippen LogP contribution in [0.25, 0.3) is 34.0 Å². The molecule has 10 heterocycles. The largest absolute Gasteiger partial charge is 0.451 e. The molecule has 6 aliphatic heterocycles. The Morgan fingerprint density at radius 3 is 1.45 bits per heavy atom. The lowest BCUT2D eigenvalue weighted by atomic mass is 9.84. The van der Waals surface area contributed by atoms with Gasteiger partial charge in [0, 0.05) is 128 Å². The monoisotopic (exact) mass is 1410 g/mol. The van der Waals surface area contributed by atoms with Crippen molar-refractivity contribution in [3.63, 3.8) is 0 Å².